The molecular formula is C21H28ClN5O2. The number of morpholine rings is 1. The van der Waals surface area contributed by atoms with Crippen molar-refractivity contribution in [2.75, 3.05) is 51.8 Å². The van der Waals surface area contributed by atoms with Crippen LogP contribution in [0.4, 0.5) is 5.95 Å². The molecule has 8 heteroatoms. The monoisotopic (exact) mass is 417 g/mol. The summed E-state index contributed by atoms with van der Waals surface area (Å²) in [6.45, 7) is 5.45. The molecule has 2 heterocycles. The number of nitrogens with zero attached hydrogens (tertiary/aromatic N) is 4. The number of carbonyl (C=O) groups excluding carboxylic acids is 1. The summed E-state index contributed by atoms with van der Waals surface area (Å²) in [5, 5.41) is 3.81. The fourth-order valence-electron chi connectivity index (χ4n) is 3.21. The number of anilines is 1. The maximum Gasteiger partial charge on any atom is 0.270 e. The predicted molar refractivity (Wildman–Crippen MR) is 115 cm³/mol. The van der Waals surface area contributed by atoms with Crippen LogP contribution in [0.2, 0.25) is 5.02 Å². The molecule has 2 aromatic rings. The van der Waals surface area contributed by atoms with Gasteiger partial charge >= 0.3 is 0 Å². The quantitative estimate of drug-likeness (QED) is 0.746. The Morgan fingerprint density at radius 1 is 1.24 bits per heavy atom. The van der Waals surface area contributed by atoms with Gasteiger partial charge < -0.3 is 19.9 Å². The fraction of sp³-hybridized carbons (Fsp3) is 0.476. The second-order valence-corrected chi connectivity index (χ2v) is 7.90. The van der Waals surface area contributed by atoms with E-state index in [2.05, 4.69) is 25.1 Å². The van der Waals surface area contributed by atoms with E-state index in [1.807, 2.05) is 45.3 Å². The molecule has 1 fully saturated rings. The van der Waals surface area contributed by atoms with E-state index in [4.69, 9.17) is 16.3 Å². The standard InChI is InChI=1S/C21H28ClN5O2/c1-15-14-19(25-21(23-15)27-10-12-29-13-11-27)20(28)24-18(8-9-26(2)3)16-4-6-17(22)7-5-16/h4-7,14,18H,8-13H2,1-3H3,(H,24,28). The zero-order chi connectivity index (χ0) is 20.8. The summed E-state index contributed by atoms with van der Waals surface area (Å²) in [7, 11) is 4.03. The summed E-state index contributed by atoms with van der Waals surface area (Å²) < 4.78 is 5.40. The van der Waals surface area contributed by atoms with Crippen LogP contribution in [0.15, 0.2) is 30.3 Å². The highest BCUT2D eigenvalue weighted by Gasteiger charge is 2.20. The molecule has 1 aromatic carbocycles. The Labute approximate surface area is 177 Å². The first kappa shape index (κ1) is 21.5. The van der Waals surface area contributed by atoms with Crippen LogP contribution >= 0.6 is 11.6 Å². The highest BCUT2D eigenvalue weighted by atomic mass is 35.5. The number of hydrogen-bond donors (Lipinski definition) is 1. The van der Waals surface area contributed by atoms with E-state index in [-0.39, 0.29) is 11.9 Å². The Morgan fingerprint density at radius 3 is 2.59 bits per heavy atom. The van der Waals surface area contributed by atoms with Crippen molar-refractivity contribution < 1.29 is 9.53 Å². The van der Waals surface area contributed by atoms with Crippen LogP contribution in [-0.4, -0.2) is 67.7 Å². The Morgan fingerprint density at radius 2 is 1.93 bits per heavy atom. The molecule has 1 N–H and O–H groups in total. The van der Waals surface area contributed by atoms with Gasteiger partial charge in [-0.15, -0.1) is 0 Å². The Balaban J connectivity index is 1.79. The van der Waals surface area contributed by atoms with Gasteiger partial charge in [0.2, 0.25) is 5.95 Å². The number of carbonyl (C=O) groups is 1. The largest absolute Gasteiger partial charge is 0.378 e. The van der Waals surface area contributed by atoms with E-state index in [1.165, 1.54) is 0 Å². The predicted octanol–water partition coefficient (Wildman–Crippen LogP) is 2.70. The van der Waals surface area contributed by atoms with Crippen LogP contribution in [-0.2, 0) is 4.74 Å². The van der Waals surface area contributed by atoms with Crippen LogP contribution < -0.4 is 10.2 Å². The summed E-state index contributed by atoms with van der Waals surface area (Å²) in [4.78, 5) is 26.2. The molecule has 0 radical (unpaired) electrons. The third kappa shape index (κ3) is 6.13. The van der Waals surface area contributed by atoms with Crippen LogP contribution in [0.1, 0.15) is 34.2 Å². The second-order valence-electron chi connectivity index (χ2n) is 7.46. The zero-order valence-corrected chi connectivity index (χ0v) is 17.9. The molecule has 1 amide bonds. The first-order chi connectivity index (χ1) is 13.9. The molecule has 0 spiro atoms. The molecule has 3 rings (SSSR count). The van der Waals surface area contributed by atoms with E-state index in [1.54, 1.807) is 6.07 Å². The number of rotatable bonds is 7. The van der Waals surface area contributed by atoms with Crippen molar-refractivity contribution >= 4 is 23.5 Å². The van der Waals surface area contributed by atoms with Crippen molar-refractivity contribution in [2.45, 2.75) is 19.4 Å². The van der Waals surface area contributed by atoms with E-state index < -0.39 is 0 Å². The normalized spacial score (nSPS) is 15.4. The molecule has 1 unspecified atom stereocenters. The van der Waals surface area contributed by atoms with E-state index in [0.717, 1.165) is 37.3 Å². The maximum atomic E-state index is 13.0. The molecule has 7 nitrogen and oxygen atoms in total. The van der Waals surface area contributed by atoms with E-state index in [9.17, 15) is 4.79 Å². The molecule has 1 atom stereocenters. The molecule has 1 saturated heterocycles. The number of ether oxygens (including phenoxy) is 1. The molecule has 1 aliphatic heterocycles. The van der Waals surface area contributed by atoms with Gasteiger partial charge in [0, 0.05) is 23.8 Å². The third-order valence-electron chi connectivity index (χ3n) is 4.81. The molecule has 0 bridgehead atoms. The number of halogens is 1. The van der Waals surface area contributed by atoms with Gasteiger partial charge in [0.25, 0.3) is 5.91 Å². The molecule has 0 saturated carbocycles. The van der Waals surface area contributed by atoms with Crippen molar-refractivity contribution in [1.29, 1.82) is 0 Å². The number of benzene rings is 1. The van der Waals surface area contributed by atoms with Gasteiger partial charge in [-0.2, -0.15) is 0 Å². The Kier molecular flexibility index (Phi) is 7.41. The molecular weight excluding hydrogens is 390 g/mol. The van der Waals surface area contributed by atoms with Gasteiger partial charge in [0.15, 0.2) is 0 Å². The topological polar surface area (TPSA) is 70.6 Å². The molecule has 156 valence electrons. The summed E-state index contributed by atoms with van der Waals surface area (Å²) >= 11 is 6.03. The number of hydrogen-bond acceptors (Lipinski definition) is 6. The lowest BCUT2D eigenvalue weighted by molar-refractivity contribution is 0.0927. The van der Waals surface area contributed by atoms with Gasteiger partial charge in [0.1, 0.15) is 5.69 Å². The van der Waals surface area contributed by atoms with Gasteiger partial charge in [-0.25, -0.2) is 9.97 Å². The zero-order valence-electron chi connectivity index (χ0n) is 17.2. The van der Waals surface area contributed by atoms with Crippen molar-refractivity contribution in [3.05, 3.63) is 52.3 Å². The molecule has 29 heavy (non-hydrogen) atoms. The van der Waals surface area contributed by atoms with Crippen LogP contribution in [0.3, 0.4) is 0 Å². The molecule has 1 aromatic heterocycles. The number of amides is 1. The van der Waals surface area contributed by atoms with E-state index in [0.29, 0.717) is 29.9 Å². The van der Waals surface area contributed by atoms with Gasteiger partial charge in [-0.3, -0.25) is 4.79 Å². The highest BCUT2D eigenvalue weighted by Crippen LogP contribution is 2.21. The van der Waals surface area contributed by atoms with Crippen molar-refractivity contribution in [3.63, 3.8) is 0 Å². The lowest BCUT2D eigenvalue weighted by atomic mass is 10.0. The average molecular weight is 418 g/mol. The lowest BCUT2D eigenvalue weighted by Crippen LogP contribution is -2.38. The summed E-state index contributed by atoms with van der Waals surface area (Å²) in [6, 6.07) is 9.18. The van der Waals surface area contributed by atoms with Crippen molar-refractivity contribution in [3.8, 4) is 0 Å². The minimum Gasteiger partial charge on any atom is -0.378 e. The lowest BCUT2D eigenvalue weighted by Gasteiger charge is -2.27. The first-order valence-electron chi connectivity index (χ1n) is 9.82. The maximum absolute atomic E-state index is 13.0. The number of aromatic nitrogens is 2. The first-order valence-corrected chi connectivity index (χ1v) is 10.2. The van der Waals surface area contributed by atoms with Crippen molar-refractivity contribution in [1.82, 2.24) is 20.2 Å². The summed E-state index contributed by atoms with van der Waals surface area (Å²) in [5.41, 5.74) is 2.16. The van der Waals surface area contributed by atoms with Gasteiger partial charge in [-0.05, 0) is 57.7 Å². The van der Waals surface area contributed by atoms with Crippen molar-refractivity contribution in [2.24, 2.45) is 0 Å². The SMILES string of the molecule is Cc1cc(C(=O)NC(CCN(C)C)c2ccc(Cl)cc2)nc(N2CCOCC2)n1. The smallest absolute Gasteiger partial charge is 0.270 e. The third-order valence-corrected chi connectivity index (χ3v) is 5.06. The summed E-state index contributed by atoms with van der Waals surface area (Å²) in [5.74, 6) is 0.374. The highest BCUT2D eigenvalue weighted by molar-refractivity contribution is 6.30. The second kappa shape index (κ2) is 10.0. The van der Waals surface area contributed by atoms with Crippen LogP contribution in [0.25, 0.3) is 0 Å². The molecule has 0 aliphatic carbocycles. The number of aryl methyl sites for hydroxylation is 1. The minimum absolute atomic E-state index is 0.135. The number of nitrogens with one attached hydrogen (secondary N) is 1. The average Bonchev–Trinajstić information content (AvgIpc) is 2.71. The Hall–Kier alpha value is -2.22. The van der Waals surface area contributed by atoms with Gasteiger partial charge in [-0.1, -0.05) is 23.7 Å². The summed E-state index contributed by atoms with van der Waals surface area (Å²) in [6.07, 6.45) is 0.779. The fourth-order valence-corrected chi connectivity index (χ4v) is 3.34. The van der Waals surface area contributed by atoms with Crippen LogP contribution in [0, 0.1) is 6.92 Å². The van der Waals surface area contributed by atoms with E-state index >= 15 is 0 Å². The molecule has 1 aliphatic rings. The van der Waals surface area contributed by atoms with Gasteiger partial charge in [0.05, 0.1) is 19.3 Å². The Bertz CT molecular complexity index is 822. The minimum atomic E-state index is -0.205. The van der Waals surface area contributed by atoms with Crippen LogP contribution in [0.5, 0.6) is 0 Å².